The lowest BCUT2D eigenvalue weighted by molar-refractivity contribution is -0.122. The lowest BCUT2D eigenvalue weighted by Crippen LogP contribution is -2.39. The largest absolute Gasteiger partial charge is 0.352 e. The second-order valence-electron chi connectivity index (χ2n) is 7.30. The van der Waals surface area contributed by atoms with Gasteiger partial charge in [-0.05, 0) is 37.5 Å². The van der Waals surface area contributed by atoms with Crippen molar-refractivity contribution < 1.29 is 9.18 Å². The molecule has 1 aromatic carbocycles. The van der Waals surface area contributed by atoms with Crippen molar-refractivity contribution in [2.75, 3.05) is 0 Å². The van der Waals surface area contributed by atoms with Crippen LogP contribution in [0.1, 0.15) is 37.0 Å². The van der Waals surface area contributed by atoms with Crippen molar-refractivity contribution in [2.45, 2.75) is 51.6 Å². The Bertz CT molecular complexity index is 1070. The maximum absolute atomic E-state index is 13.3. The first-order valence-electron chi connectivity index (χ1n) is 9.57. The molecule has 1 fully saturated rings. The average molecular weight is 399 g/mol. The number of nitrogens with zero attached hydrogens (tertiary/aromatic N) is 2. The third kappa shape index (κ3) is 3.71. The predicted molar refractivity (Wildman–Crippen MR) is 109 cm³/mol. The standard InChI is InChI=1S/C21H22FN3O2S/c1-13-18(14-7-9-15(22)10-8-14)19-20(28-13)23-12-25(21(19)27)11-17(26)24-16-5-3-2-4-6-16/h7-10,12,16H,2-6,11H2,1H3,(H,24,26). The summed E-state index contributed by atoms with van der Waals surface area (Å²) in [6.45, 7) is 1.88. The van der Waals surface area contributed by atoms with Crippen molar-refractivity contribution in [1.29, 1.82) is 0 Å². The summed E-state index contributed by atoms with van der Waals surface area (Å²) in [6.07, 6.45) is 6.92. The first-order valence-corrected chi connectivity index (χ1v) is 10.4. The van der Waals surface area contributed by atoms with Gasteiger partial charge >= 0.3 is 0 Å². The van der Waals surface area contributed by atoms with E-state index in [0.29, 0.717) is 10.2 Å². The number of aromatic nitrogens is 2. The Morgan fingerprint density at radius 1 is 1.25 bits per heavy atom. The minimum Gasteiger partial charge on any atom is -0.352 e. The first-order chi connectivity index (χ1) is 13.5. The number of carbonyl (C=O) groups is 1. The van der Waals surface area contributed by atoms with Crippen molar-refractivity contribution in [3.05, 3.63) is 51.6 Å². The Morgan fingerprint density at radius 3 is 2.68 bits per heavy atom. The topological polar surface area (TPSA) is 64.0 Å². The van der Waals surface area contributed by atoms with Crippen molar-refractivity contribution >= 4 is 27.5 Å². The third-order valence-corrected chi connectivity index (χ3v) is 6.29. The third-order valence-electron chi connectivity index (χ3n) is 5.27. The highest BCUT2D eigenvalue weighted by atomic mass is 32.1. The van der Waals surface area contributed by atoms with Crippen molar-refractivity contribution in [1.82, 2.24) is 14.9 Å². The van der Waals surface area contributed by atoms with E-state index in [1.54, 1.807) is 12.1 Å². The van der Waals surface area contributed by atoms with E-state index in [9.17, 15) is 14.0 Å². The number of hydrogen-bond donors (Lipinski definition) is 1. The average Bonchev–Trinajstić information content (AvgIpc) is 3.02. The van der Waals surface area contributed by atoms with Crippen LogP contribution < -0.4 is 10.9 Å². The molecule has 3 aromatic rings. The Kier molecular flexibility index (Phi) is 5.26. The molecule has 0 radical (unpaired) electrons. The highest BCUT2D eigenvalue weighted by molar-refractivity contribution is 7.19. The fraction of sp³-hybridized carbons (Fsp3) is 0.381. The van der Waals surface area contributed by atoms with Gasteiger partial charge in [0.2, 0.25) is 5.91 Å². The number of amides is 1. The molecular weight excluding hydrogens is 377 g/mol. The van der Waals surface area contributed by atoms with Gasteiger partial charge in [0.1, 0.15) is 17.2 Å². The Labute approximate surface area is 166 Å². The SMILES string of the molecule is Cc1sc2ncn(CC(=O)NC3CCCCC3)c(=O)c2c1-c1ccc(F)cc1. The fourth-order valence-corrected chi connectivity index (χ4v) is 4.89. The summed E-state index contributed by atoms with van der Waals surface area (Å²) >= 11 is 1.43. The van der Waals surface area contributed by atoms with E-state index >= 15 is 0 Å². The van der Waals surface area contributed by atoms with Gasteiger partial charge in [0.25, 0.3) is 5.56 Å². The monoisotopic (exact) mass is 399 g/mol. The zero-order valence-electron chi connectivity index (χ0n) is 15.7. The molecule has 0 bridgehead atoms. The minimum absolute atomic E-state index is 0.0456. The molecule has 0 aliphatic heterocycles. The zero-order chi connectivity index (χ0) is 19.7. The van der Waals surface area contributed by atoms with Crippen LogP contribution in [0, 0.1) is 12.7 Å². The van der Waals surface area contributed by atoms with E-state index in [2.05, 4.69) is 10.3 Å². The molecular formula is C21H22FN3O2S. The highest BCUT2D eigenvalue weighted by Crippen LogP contribution is 2.35. The molecule has 0 spiro atoms. The molecule has 1 amide bonds. The summed E-state index contributed by atoms with van der Waals surface area (Å²) in [5, 5.41) is 3.52. The Balaban J connectivity index is 1.66. The number of benzene rings is 1. The predicted octanol–water partition coefficient (Wildman–Crippen LogP) is 4.02. The quantitative estimate of drug-likeness (QED) is 0.721. The van der Waals surface area contributed by atoms with Gasteiger partial charge in [0.15, 0.2) is 0 Å². The van der Waals surface area contributed by atoms with Crippen LogP contribution >= 0.6 is 11.3 Å². The van der Waals surface area contributed by atoms with E-state index in [1.165, 1.54) is 40.8 Å². The number of carbonyl (C=O) groups excluding carboxylic acids is 1. The van der Waals surface area contributed by atoms with Crippen molar-refractivity contribution in [2.24, 2.45) is 0 Å². The molecule has 1 saturated carbocycles. The molecule has 0 saturated heterocycles. The van der Waals surface area contributed by atoms with Crippen molar-refractivity contribution in [3.63, 3.8) is 0 Å². The number of rotatable bonds is 4. The van der Waals surface area contributed by atoms with Gasteiger partial charge in [-0.1, -0.05) is 31.4 Å². The Hall–Kier alpha value is -2.54. The smallest absolute Gasteiger partial charge is 0.263 e. The van der Waals surface area contributed by atoms with Crippen LogP contribution in [-0.4, -0.2) is 21.5 Å². The van der Waals surface area contributed by atoms with Gasteiger partial charge in [-0.2, -0.15) is 0 Å². The number of hydrogen-bond acceptors (Lipinski definition) is 4. The van der Waals surface area contributed by atoms with Crippen LogP contribution in [0.5, 0.6) is 0 Å². The van der Waals surface area contributed by atoms with E-state index in [-0.39, 0.29) is 29.9 Å². The number of halogens is 1. The van der Waals surface area contributed by atoms with Gasteiger partial charge in [0.05, 0.1) is 11.7 Å². The molecule has 1 N–H and O–H groups in total. The first kappa shape index (κ1) is 18.8. The van der Waals surface area contributed by atoms with Gasteiger partial charge < -0.3 is 5.32 Å². The van der Waals surface area contributed by atoms with Crippen LogP contribution in [0.3, 0.4) is 0 Å². The summed E-state index contributed by atoms with van der Waals surface area (Å²) in [5.74, 6) is -0.485. The molecule has 28 heavy (non-hydrogen) atoms. The van der Waals surface area contributed by atoms with Gasteiger partial charge in [-0.15, -0.1) is 11.3 Å². The van der Waals surface area contributed by atoms with E-state index in [1.807, 2.05) is 6.92 Å². The maximum atomic E-state index is 13.3. The lowest BCUT2D eigenvalue weighted by atomic mass is 9.95. The molecule has 1 aliphatic rings. The summed E-state index contributed by atoms with van der Waals surface area (Å²) in [4.78, 5) is 31.5. The lowest BCUT2D eigenvalue weighted by Gasteiger charge is -2.22. The van der Waals surface area contributed by atoms with E-state index < -0.39 is 0 Å². The summed E-state index contributed by atoms with van der Waals surface area (Å²) in [5.41, 5.74) is 1.29. The molecule has 1 aliphatic carbocycles. The molecule has 0 unspecified atom stereocenters. The second-order valence-corrected chi connectivity index (χ2v) is 8.50. The molecule has 4 rings (SSSR count). The number of thiophene rings is 1. The second kappa shape index (κ2) is 7.83. The van der Waals surface area contributed by atoms with Crippen LogP contribution in [0.15, 0.2) is 35.4 Å². The summed E-state index contributed by atoms with van der Waals surface area (Å²) in [6, 6.07) is 6.29. The maximum Gasteiger partial charge on any atom is 0.263 e. The van der Waals surface area contributed by atoms with Crippen LogP contribution in [0.25, 0.3) is 21.3 Å². The van der Waals surface area contributed by atoms with Crippen LogP contribution in [0.4, 0.5) is 4.39 Å². The van der Waals surface area contributed by atoms with Gasteiger partial charge in [0, 0.05) is 16.5 Å². The number of fused-ring (bicyclic) bond motifs is 1. The molecule has 0 atom stereocenters. The fourth-order valence-electron chi connectivity index (χ4n) is 3.89. The summed E-state index contributed by atoms with van der Waals surface area (Å²) < 4.78 is 14.7. The van der Waals surface area contributed by atoms with Gasteiger partial charge in [-0.3, -0.25) is 14.2 Å². The summed E-state index contributed by atoms with van der Waals surface area (Å²) in [7, 11) is 0. The van der Waals surface area contributed by atoms with E-state index in [4.69, 9.17) is 0 Å². The van der Waals surface area contributed by atoms with Crippen LogP contribution in [-0.2, 0) is 11.3 Å². The Morgan fingerprint density at radius 2 is 1.96 bits per heavy atom. The normalized spacial score (nSPS) is 15.1. The molecule has 146 valence electrons. The minimum atomic E-state index is -0.323. The number of nitrogens with one attached hydrogen (secondary N) is 1. The van der Waals surface area contributed by atoms with E-state index in [0.717, 1.165) is 41.7 Å². The highest BCUT2D eigenvalue weighted by Gasteiger charge is 2.19. The molecule has 7 heteroatoms. The zero-order valence-corrected chi connectivity index (χ0v) is 16.5. The molecule has 2 heterocycles. The molecule has 2 aromatic heterocycles. The molecule has 5 nitrogen and oxygen atoms in total. The van der Waals surface area contributed by atoms with Gasteiger partial charge in [-0.25, -0.2) is 9.37 Å². The van der Waals surface area contributed by atoms with Crippen molar-refractivity contribution in [3.8, 4) is 11.1 Å². The van der Waals surface area contributed by atoms with Crippen LogP contribution in [0.2, 0.25) is 0 Å². The number of aryl methyl sites for hydroxylation is 1.